The van der Waals surface area contributed by atoms with Gasteiger partial charge in [-0.15, -0.1) is 0 Å². The largest absolute Gasteiger partial charge is 0.492 e. The first-order valence-electron chi connectivity index (χ1n) is 7.56. The van der Waals surface area contributed by atoms with E-state index in [-0.39, 0.29) is 5.91 Å². The summed E-state index contributed by atoms with van der Waals surface area (Å²) in [6, 6.07) is 5.14. The van der Waals surface area contributed by atoms with E-state index >= 15 is 0 Å². The summed E-state index contributed by atoms with van der Waals surface area (Å²) in [4.78, 5) is 24.8. The van der Waals surface area contributed by atoms with Gasteiger partial charge >= 0.3 is 5.97 Å². The maximum atomic E-state index is 12.1. The highest BCUT2D eigenvalue weighted by Crippen LogP contribution is 2.31. The molecule has 1 aromatic rings. The number of nitrogens with zero attached hydrogens (tertiary/aromatic N) is 1. The number of benzene rings is 1. The second-order valence-electron chi connectivity index (χ2n) is 5.52. The van der Waals surface area contributed by atoms with E-state index in [0.29, 0.717) is 54.8 Å². The lowest BCUT2D eigenvalue weighted by Crippen LogP contribution is -2.42. The molecule has 0 bridgehead atoms. The van der Waals surface area contributed by atoms with Crippen molar-refractivity contribution >= 4 is 35.1 Å². The lowest BCUT2D eigenvalue weighted by Gasteiger charge is -2.30. The predicted molar refractivity (Wildman–Crippen MR) is 88.1 cm³/mol. The summed E-state index contributed by atoms with van der Waals surface area (Å²) in [5.41, 5.74) is 0. The number of ether oxygens (including phenoxy) is 1. The van der Waals surface area contributed by atoms with Gasteiger partial charge < -0.3 is 14.7 Å². The van der Waals surface area contributed by atoms with Crippen LogP contribution in [0.4, 0.5) is 0 Å². The maximum Gasteiger partial charge on any atom is 0.308 e. The second kappa shape index (κ2) is 8.41. The normalized spacial score (nSPS) is 17.8. The monoisotopic (exact) mass is 359 g/mol. The van der Waals surface area contributed by atoms with Gasteiger partial charge in [0.05, 0.1) is 17.5 Å². The third kappa shape index (κ3) is 5.01. The van der Waals surface area contributed by atoms with E-state index in [9.17, 15) is 9.59 Å². The number of aliphatic carboxylic acids is 1. The van der Waals surface area contributed by atoms with Crippen molar-refractivity contribution in [1.82, 2.24) is 4.90 Å². The van der Waals surface area contributed by atoms with Crippen LogP contribution in [-0.4, -0.2) is 41.6 Å². The fourth-order valence-corrected chi connectivity index (χ4v) is 2.91. The maximum absolute atomic E-state index is 12.1. The Morgan fingerprint density at radius 1 is 1.35 bits per heavy atom. The molecule has 1 unspecified atom stereocenters. The van der Waals surface area contributed by atoms with Crippen molar-refractivity contribution in [3.63, 3.8) is 0 Å². The van der Waals surface area contributed by atoms with Crippen LogP contribution in [0.15, 0.2) is 18.2 Å². The highest BCUT2D eigenvalue weighted by molar-refractivity contribution is 6.42. The third-order valence-electron chi connectivity index (χ3n) is 3.83. The van der Waals surface area contributed by atoms with Crippen LogP contribution in [-0.2, 0) is 9.59 Å². The van der Waals surface area contributed by atoms with E-state index in [2.05, 4.69) is 0 Å². The van der Waals surface area contributed by atoms with Crippen LogP contribution >= 0.6 is 23.2 Å². The molecule has 0 spiro atoms. The van der Waals surface area contributed by atoms with Crippen LogP contribution in [0.5, 0.6) is 5.75 Å². The third-order valence-corrected chi connectivity index (χ3v) is 4.63. The Morgan fingerprint density at radius 2 is 2.13 bits per heavy atom. The van der Waals surface area contributed by atoms with E-state index in [0.717, 1.165) is 6.42 Å². The Balaban J connectivity index is 1.74. The summed E-state index contributed by atoms with van der Waals surface area (Å²) in [5, 5.41) is 9.83. The standard InChI is InChI=1S/C16H19Cl2NO4/c17-12-5-1-6-13(15(12)18)23-9-3-7-14(20)19-8-2-4-11(10-19)16(21)22/h1,5-6,11H,2-4,7-10H2,(H,21,22). The number of carboxylic acids is 1. The van der Waals surface area contributed by atoms with Crippen molar-refractivity contribution in [2.24, 2.45) is 5.92 Å². The first kappa shape index (κ1) is 17.9. The molecule has 1 aliphatic rings. The van der Waals surface area contributed by atoms with Crippen molar-refractivity contribution in [2.75, 3.05) is 19.7 Å². The number of rotatable bonds is 6. The quantitative estimate of drug-likeness (QED) is 0.789. The van der Waals surface area contributed by atoms with Gasteiger partial charge in [-0.05, 0) is 31.4 Å². The van der Waals surface area contributed by atoms with E-state index in [1.54, 1.807) is 23.1 Å². The Hall–Kier alpha value is -1.46. The lowest BCUT2D eigenvalue weighted by atomic mass is 9.98. The van der Waals surface area contributed by atoms with Gasteiger partial charge in [-0.1, -0.05) is 29.3 Å². The highest BCUT2D eigenvalue weighted by atomic mass is 35.5. The van der Waals surface area contributed by atoms with Crippen molar-refractivity contribution in [1.29, 1.82) is 0 Å². The molecule has 23 heavy (non-hydrogen) atoms. The summed E-state index contributed by atoms with van der Waals surface area (Å²) in [6.07, 6.45) is 2.23. The number of carbonyl (C=O) groups is 2. The minimum atomic E-state index is -0.832. The first-order chi connectivity index (χ1) is 11.0. The minimum Gasteiger partial charge on any atom is -0.492 e. The molecule has 2 rings (SSSR count). The van der Waals surface area contributed by atoms with Gasteiger partial charge in [0.1, 0.15) is 10.8 Å². The van der Waals surface area contributed by atoms with Gasteiger partial charge in [-0.25, -0.2) is 0 Å². The Kier molecular flexibility index (Phi) is 6.54. The number of hydrogen-bond acceptors (Lipinski definition) is 3. The molecule has 0 saturated carbocycles. The summed E-state index contributed by atoms with van der Waals surface area (Å²) in [6.45, 7) is 1.28. The van der Waals surface area contributed by atoms with Gasteiger partial charge in [-0.2, -0.15) is 0 Å². The topological polar surface area (TPSA) is 66.8 Å². The molecular weight excluding hydrogens is 341 g/mol. The lowest BCUT2D eigenvalue weighted by molar-refractivity contribution is -0.145. The van der Waals surface area contributed by atoms with E-state index in [1.807, 2.05) is 0 Å². The molecule has 0 aromatic heterocycles. The zero-order valence-corrected chi connectivity index (χ0v) is 14.1. The van der Waals surface area contributed by atoms with Crippen molar-refractivity contribution < 1.29 is 19.4 Å². The molecule has 1 saturated heterocycles. The fourth-order valence-electron chi connectivity index (χ4n) is 2.56. The van der Waals surface area contributed by atoms with Gasteiger partial charge in [0.2, 0.25) is 5.91 Å². The highest BCUT2D eigenvalue weighted by Gasteiger charge is 2.27. The van der Waals surface area contributed by atoms with Crippen LogP contribution in [0.25, 0.3) is 0 Å². The Bertz CT molecular complexity index is 579. The molecule has 1 amide bonds. The predicted octanol–water partition coefficient (Wildman–Crippen LogP) is 3.48. The number of piperidine rings is 1. The van der Waals surface area contributed by atoms with E-state index in [4.69, 9.17) is 33.0 Å². The molecule has 7 heteroatoms. The number of carbonyl (C=O) groups excluding carboxylic acids is 1. The van der Waals surface area contributed by atoms with Gasteiger partial charge in [0, 0.05) is 19.5 Å². The molecule has 126 valence electrons. The van der Waals surface area contributed by atoms with E-state index in [1.165, 1.54) is 0 Å². The SMILES string of the molecule is O=C(O)C1CCCN(C(=O)CCCOc2cccc(Cl)c2Cl)C1. The van der Waals surface area contributed by atoms with E-state index < -0.39 is 11.9 Å². The summed E-state index contributed by atoms with van der Waals surface area (Å²) < 4.78 is 5.53. The van der Waals surface area contributed by atoms with Crippen molar-refractivity contribution in [2.45, 2.75) is 25.7 Å². The van der Waals surface area contributed by atoms with Crippen LogP contribution < -0.4 is 4.74 Å². The number of likely N-dealkylation sites (tertiary alicyclic amines) is 1. The molecule has 0 radical (unpaired) electrons. The average Bonchev–Trinajstić information content (AvgIpc) is 2.55. The Labute approximate surface area is 145 Å². The summed E-state index contributed by atoms with van der Waals surface area (Å²) >= 11 is 11.9. The first-order valence-corrected chi connectivity index (χ1v) is 8.32. The number of amides is 1. The zero-order chi connectivity index (χ0) is 16.8. The number of carboxylic acid groups (broad SMARTS) is 1. The molecular formula is C16H19Cl2NO4. The molecule has 5 nitrogen and oxygen atoms in total. The van der Waals surface area contributed by atoms with Gasteiger partial charge in [0.15, 0.2) is 0 Å². The number of halogens is 2. The van der Waals surface area contributed by atoms with Crippen LogP contribution in [0.3, 0.4) is 0 Å². The number of hydrogen-bond donors (Lipinski definition) is 1. The molecule has 1 fully saturated rings. The molecule has 1 aliphatic heterocycles. The van der Waals surface area contributed by atoms with Crippen LogP contribution in [0.1, 0.15) is 25.7 Å². The molecule has 1 N–H and O–H groups in total. The van der Waals surface area contributed by atoms with Gasteiger partial charge in [0.25, 0.3) is 0 Å². The Morgan fingerprint density at radius 3 is 2.87 bits per heavy atom. The van der Waals surface area contributed by atoms with Crippen LogP contribution in [0, 0.1) is 5.92 Å². The fraction of sp³-hybridized carbons (Fsp3) is 0.500. The molecule has 0 aliphatic carbocycles. The molecule has 1 atom stereocenters. The zero-order valence-electron chi connectivity index (χ0n) is 12.6. The summed E-state index contributed by atoms with van der Waals surface area (Å²) in [5.74, 6) is -0.817. The molecule has 1 aromatic carbocycles. The van der Waals surface area contributed by atoms with Crippen molar-refractivity contribution in [3.05, 3.63) is 28.2 Å². The smallest absolute Gasteiger partial charge is 0.308 e. The van der Waals surface area contributed by atoms with Crippen molar-refractivity contribution in [3.8, 4) is 5.75 Å². The second-order valence-corrected chi connectivity index (χ2v) is 6.31. The van der Waals surface area contributed by atoms with Crippen LogP contribution in [0.2, 0.25) is 10.0 Å². The molecule has 1 heterocycles. The average molecular weight is 360 g/mol. The van der Waals surface area contributed by atoms with Gasteiger partial charge in [-0.3, -0.25) is 9.59 Å². The minimum absolute atomic E-state index is 0.0308. The summed E-state index contributed by atoms with van der Waals surface area (Å²) in [7, 11) is 0.